The molecule has 1 spiro atoms. The van der Waals surface area contributed by atoms with Gasteiger partial charge in [0.1, 0.15) is 0 Å². The van der Waals surface area contributed by atoms with E-state index in [1.807, 2.05) is 12.1 Å². The predicted molar refractivity (Wildman–Crippen MR) is 106 cm³/mol. The smallest absolute Gasteiger partial charge is 0.344 e. The van der Waals surface area contributed by atoms with Gasteiger partial charge < -0.3 is 4.90 Å². The predicted octanol–water partition coefficient (Wildman–Crippen LogP) is 6.07. The van der Waals surface area contributed by atoms with Crippen LogP contribution in [0.25, 0.3) is 0 Å². The van der Waals surface area contributed by atoms with Crippen molar-refractivity contribution in [3.8, 4) is 0 Å². The first-order chi connectivity index (χ1) is 14.2. The van der Waals surface area contributed by atoms with Crippen molar-refractivity contribution < 1.29 is 18.1 Å². The summed E-state index contributed by atoms with van der Waals surface area (Å²) in [5, 5.41) is 10.9. The lowest BCUT2D eigenvalue weighted by atomic mass is 9.12. The second-order valence-corrected chi connectivity index (χ2v) is 9.55. The zero-order valence-corrected chi connectivity index (χ0v) is 16.4. The summed E-state index contributed by atoms with van der Waals surface area (Å²) in [7, 11) is 1.56. The SMILES string of the molecule is CN(c1ccc(C23CC4CC5CC(C2)C543)cc1)c1ccc([N+](=O)[O-])cc1C(F)(F)F. The third-order valence-corrected chi connectivity index (χ3v) is 8.85. The van der Waals surface area contributed by atoms with Crippen molar-refractivity contribution in [2.45, 2.75) is 37.3 Å². The average molecular weight is 414 g/mol. The molecule has 2 atom stereocenters. The lowest BCUT2D eigenvalue weighted by molar-refractivity contribution is -0.395. The van der Waals surface area contributed by atoms with E-state index in [0.29, 0.717) is 22.6 Å². The first-order valence-corrected chi connectivity index (χ1v) is 10.4. The Balaban J connectivity index is 1.31. The Bertz CT molecular complexity index is 1050. The van der Waals surface area contributed by atoms with Crippen molar-refractivity contribution in [1.82, 2.24) is 0 Å². The first-order valence-electron chi connectivity index (χ1n) is 10.4. The molecule has 2 aromatic rings. The number of anilines is 2. The van der Waals surface area contributed by atoms with Gasteiger partial charge >= 0.3 is 6.18 Å². The van der Waals surface area contributed by atoms with Gasteiger partial charge in [-0.15, -0.1) is 0 Å². The minimum atomic E-state index is -4.68. The summed E-state index contributed by atoms with van der Waals surface area (Å²) in [6.07, 6.45) is 0.614. The molecule has 0 bridgehead atoms. The lowest BCUT2D eigenvalue weighted by Crippen LogP contribution is -2.87. The highest BCUT2D eigenvalue weighted by molar-refractivity contribution is 5.69. The fraction of sp³-hybridized carbons (Fsp3) is 0.478. The van der Waals surface area contributed by atoms with Crippen LogP contribution in [0.5, 0.6) is 0 Å². The second-order valence-electron chi connectivity index (χ2n) is 9.55. The molecule has 6 rings (SSSR count). The average Bonchev–Trinajstić information content (AvgIpc) is 2.64. The van der Waals surface area contributed by atoms with Crippen LogP contribution >= 0.6 is 0 Å². The Morgan fingerprint density at radius 2 is 1.67 bits per heavy atom. The number of benzene rings is 2. The van der Waals surface area contributed by atoms with E-state index >= 15 is 0 Å². The molecular weight excluding hydrogens is 393 g/mol. The van der Waals surface area contributed by atoms with Gasteiger partial charge in [-0.3, -0.25) is 10.1 Å². The summed E-state index contributed by atoms with van der Waals surface area (Å²) in [6.45, 7) is 0. The Kier molecular flexibility index (Phi) is 3.26. The van der Waals surface area contributed by atoms with Gasteiger partial charge in [0.2, 0.25) is 0 Å². The molecule has 4 saturated carbocycles. The Morgan fingerprint density at radius 3 is 2.17 bits per heavy atom. The van der Waals surface area contributed by atoms with E-state index in [-0.39, 0.29) is 5.69 Å². The number of non-ortho nitro benzene ring substituents is 1. The van der Waals surface area contributed by atoms with Crippen LogP contribution < -0.4 is 4.90 Å². The van der Waals surface area contributed by atoms with Gasteiger partial charge in [-0.25, -0.2) is 0 Å². The maximum atomic E-state index is 13.6. The highest BCUT2D eigenvalue weighted by atomic mass is 19.4. The molecule has 4 aliphatic rings. The van der Waals surface area contributed by atoms with E-state index in [2.05, 4.69) is 12.1 Å². The van der Waals surface area contributed by atoms with Crippen LogP contribution in [0.15, 0.2) is 42.5 Å². The molecule has 4 aliphatic carbocycles. The maximum absolute atomic E-state index is 13.6. The van der Waals surface area contributed by atoms with Gasteiger partial charge in [0, 0.05) is 30.3 Å². The fourth-order valence-corrected chi connectivity index (χ4v) is 7.72. The van der Waals surface area contributed by atoms with E-state index in [0.717, 1.165) is 23.8 Å². The second kappa shape index (κ2) is 5.37. The van der Waals surface area contributed by atoms with Crippen molar-refractivity contribution >= 4 is 17.1 Å². The summed E-state index contributed by atoms with van der Waals surface area (Å²) < 4.78 is 40.7. The minimum Gasteiger partial charge on any atom is -0.344 e. The van der Waals surface area contributed by atoms with E-state index in [1.165, 1.54) is 42.2 Å². The number of hydrogen-bond acceptors (Lipinski definition) is 3. The van der Waals surface area contributed by atoms with Crippen molar-refractivity contribution in [2.75, 3.05) is 11.9 Å². The summed E-state index contributed by atoms with van der Waals surface area (Å²) in [4.78, 5) is 11.6. The van der Waals surface area contributed by atoms with Crippen LogP contribution in [0.3, 0.4) is 0 Å². The normalized spacial score (nSPS) is 35.0. The Labute approximate surface area is 171 Å². The van der Waals surface area contributed by atoms with Gasteiger partial charge in [-0.2, -0.15) is 13.2 Å². The maximum Gasteiger partial charge on any atom is 0.418 e. The van der Waals surface area contributed by atoms with Gasteiger partial charge in [0.15, 0.2) is 0 Å². The van der Waals surface area contributed by atoms with Crippen LogP contribution in [0.2, 0.25) is 0 Å². The summed E-state index contributed by atoms with van der Waals surface area (Å²) in [5.74, 6) is 2.69. The molecule has 7 heteroatoms. The number of rotatable bonds is 4. The molecule has 4 nitrogen and oxygen atoms in total. The third kappa shape index (κ3) is 1.90. The quantitative estimate of drug-likeness (QED) is 0.451. The van der Waals surface area contributed by atoms with Crippen LogP contribution in [-0.4, -0.2) is 12.0 Å². The van der Waals surface area contributed by atoms with E-state index in [4.69, 9.17) is 0 Å². The summed E-state index contributed by atoms with van der Waals surface area (Å²) >= 11 is 0. The largest absolute Gasteiger partial charge is 0.418 e. The standard InChI is InChI=1S/C23H21F3N2O2/c1-27(20-7-6-18(28(29)30)10-19(20)23(24,25)26)17-4-2-13(3-5-17)21-11-15-8-14-9-16(12-21)22(14,15)21/h2-7,10,14-16H,8-9,11-12H2,1H3. The fourth-order valence-electron chi connectivity index (χ4n) is 7.72. The summed E-state index contributed by atoms with van der Waals surface area (Å²) in [5.41, 5.74) is 1.17. The molecule has 30 heavy (non-hydrogen) atoms. The number of nitrogens with zero attached hydrogens (tertiary/aromatic N) is 2. The number of nitro benzene ring substituents is 1. The molecule has 4 fully saturated rings. The van der Waals surface area contributed by atoms with Gasteiger partial charge in [0.25, 0.3) is 5.69 Å². The van der Waals surface area contributed by atoms with Crippen molar-refractivity contribution in [3.05, 3.63) is 63.7 Å². The molecule has 2 unspecified atom stereocenters. The minimum absolute atomic E-state index is 0.0944. The molecular formula is C23H21F3N2O2. The van der Waals surface area contributed by atoms with Gasteiger partial charge in [0.05, 0.1) is 16.2 Å². The highest BCUT2D eigenvalue weighted by Crippen LogP contribution is 2.92. The lowest BCUT2D eigenvalue weighted by Gasteiger charge is -2.91. The number of halogens is 3. The topological polar surface area (TPSA) is 46.4 Å². The zero-order chi connectivity index (χ0) is 21.1. The number of nitro groups is 1. The highest BCUT2D eigenvalue weighted by Gasteiger charge is 2.87. The molecule has 0 saturated heterocycles. The van der Waals surface area contributed by atoms with E-state index < -0.39 is 22.4 Å². The Morgan fingerprint density at radius 1 is 1.03 bits per heavy atom. The van der Waals surface area contributed by atoms with E-state index in [9.17, 15) is 23.3 Å². The third-order valence-electron chi connectivity index (χ3n) is 8.85. The van der Waals surface area contributed by atoms with Crippen LogP contribution in [0.4, 0.5) is 30.2 Å². The molecule has 0 heterocycles. The zero-order valence-electron chi connectivity index (χ0n) is 16.4. The van der Waals surface area contributed by atoms with E-state index in [1.54, 1.807) is 7.05 Å². The first kappa shape index (κ1) is 18.2. The molecule has 0 radical (unpaired) electrons. The number of hydrogen-bond donors (Lipinski definition) is 0. The van der Waals surface area contributed by atoms with Crippen molar-refractivity contribution in [2.24, 2.45) is 23.2 Å². The molecule has 156 valence electrons. The van der Waals surface area contributed by atoms with Crippen molar-refractivity contribution in [1.29, 1.82) is 0 Å². The van der Waals surface area contributed by atoms with Crippen molar-refractivity contribution in [3.63, 3.8) is 0 Å². The number of alkyl halides is 3. The van der Waals surface area contributed by atoms with Crippen LogP contribution in [-0.2, 0) is 11.6 Å². The molecule has 0 aliphatic heterocycles. The molecule has 0 N–H and O–H groups in total. The van der Waals surface area contributed by atoms with Gasteiger partial charge in [-0.1, -0.05) is 12.1 Å². The van der Waals surface area contributed by atoms with Gasteiger partial charge in [-0.05, 0) is 72.6 Å². The molecule has 2 aromatic carbocycles. The van der Waals surface area contributed by atoms with Crippen LogP contribution in [0.1, 0.15) is 36.8 Å². The van der Waals surface area contributed by atoms with Crippen LogP contribution in [0, 0.1) is 33.3 Å². The molecule has 0 amide bonds. The summed E-state index contributed by atoms with van der Waals surface area (Å²) in [6, 6.07) is 10.8. The molecule has 0 aromatic heterocycles. The monoisotopic (exact) mass is 414 g/mol. The Hall–Kier alpha value is -2.57.